The maximum atomic E-state index is 10.6. The molecule has 0 bridgehead atoms. The van der Waals surface area contributed by atoms with Crippen LogP contribution in [-0.2, 0) is 0 Å². The van der Waals surface area contributed by atoms with E-state index < -0.39 is 5.97 Å². The van der Waals surface area contributed by atoms with Crippen molar-refractivity contribution in [3.05, 3.63) is 29.3 Å². The summed E-state index contributed by atoms with van der Waals surface area (Å²) in [5.74, 6) is -1.05. The van der Waals surface area contributed by atoms with Crippen molar-refractivity contribution in [1.82, 2.24) is 0 Å². The molecule has 1 aromatic rings. The average molecular weight is 195 g/mol. The second-order valence-electron chi connectivity index (χ2n) is 2.99. The van der Waals surface area contributed by atoms with Crippen LogP contribution in [-0.4, -0.2) is 17.6 Å². The molecule has 0 aliphatic heterocycles. The van der Waals surface area contributed by atoms with Gasteiger partial charge in [-0.1, -0.05) is 6.07 Å². The van der Waals surface area contributed by atoms with Crippen molar-refractivity contribution in [2.24, 2.45) is 11.5 Å². The monoisotopic (exact) mass is 195 g/mol. The molecule has 0 aliphatic rings. The van der Waals surface area contributed by atoms with E-state index in [1.807, 2.05) is 0 Å². The van der Waals surface area contributed by atoms with Crippen molar-refractivity contribution in [2.45, 2.75) is 6.04 Å². The fraction of sp³-hybridized carbons (Fsp3) is 0.222. The molecule has 0 radical (unpaired) electrons. The standard InChI is InChI=1S/C9H13N3O2/c10-4-8(12)5-1-2-6(9(13)14)7(11)3-5/h1-3,8H,4,10-12H2,(H,13,14)/t8-/m1/s1. The molecule has 14 heavy (non-hydrogen) atoms. The number of hydrogen-bond donors (Lipinski definition) is 4. The molecule has 0 aliphatic carbocycles. The third kappa shape index (κ3) is 2.01. The Hall–Kier alpha value is -1.59. The van der Waals surface area contributed by atoms with E-state index in [2.05, 4.69) is 0 Å². The largest absolute Gasteiger partial charge is 0.478 e. The molecule has 1 aromatic carbocycles. The van der Waals surface area contributed by atoms with Gasteiger partial charge in [-0.3, -0.25) is 0 Å². The number of carbonyl (C=O) groups is 1. The Morgan fingerprint density at radius 2 is 2.14 bits per heavy atom. The number of nitrogen functional groups attached to an aromatic ring is 1. The summed E-state index contributed by atoms with van der Waals surface area (Å²) in [6.45, 7) is 0.297. The third-order valence-corrected chi connectivity index (χ3v) is 1.99. The van der Waals surface area contributed by atoms with Gasteiger partial charge < -0.3 is 22.3 Å². The molecule has 0 amide bonds. The lowest BCUT2D eigenvalue weighted by atomic mass is 10.0. The van der Waals surface area contributed by atoms with Crippen LogP contribution in [0.3, 0.4) is 0 Å². The van der Waals surface area contributed by atoms with Crippen molar-refractivity contribution in [2.75, 3.05) is 12.3 Å². The summed E-state index contributed by atoms with van der Waals surface area (Å²) in [4.78, 5) is 10.6. The lowest BCUT2D eigenvalue weighted by molar-refractivity contribution is 0.0698. The van der Waals surface area contributed by atoms with Crippen LogP contribution in [0.1, 0.15) is 22.0 Å². The highest BCUT2D eigenvalue weighted by atomic mass is 16.4. The number of hydrogen-bond acceptors (Lipinski definition) is 4. The maximum absolute atomic E-state index is 10.6. The molecule has 5 heteroatoms. The highest BCUT2D eigenvalue weighted by molar-refractivity contribution is 5.93. The van der Waals surface area contributed by atoms with E-state index in [-0.39, 0.29) is 17.3 Å². The molecular formula is C9H13N3O2. The van der Waals surface area contributed by atoms with Gasteiger partial charge in [0, 0.05) is 18.3 Å². The van der Waals surface area contributed by atoms with E-state index in [1.54, 1.807) is 12.1 Å². The lowest BCUT2D eigenvalue weighted by Crippen LogP contribution is -2.21. The van der Waals surface area contributed by atoms with Crippen molar-refractivity contribution >= 4 is 11.7 Å². The molecule has 0 saturated heterocycles. The first kappa shape index (κ1) is 10.5. The van der Waals surface area contributed by atoms with Gasteiger partial charge in [-0.05, 0) is 17.7 Å². The van der Waals surface area contributed by atoms with Crippen molar-refractivity contribution in [3.8, 4) is 0 Å². The number of carboxylic acids is 1. The summed E-state index contributed by atoms with van der Waals surface area (Å²) in [5.41, 5.74) is 17.6. The van der Waals surface area contributed by atoms with Crippen LogP contribution in [0.4, 0.5) is 5.69 Å². The van der Waals surface area contributed by atoms with E-state index in [0.29, 0.717) is 6.54 Å². The summed E-state index contributed by atoms with van der Waals surface area (Å²) in [5, 5.41) is 8.72. The number of anilines is 1. The van der Waals surface area contributed by atoms with Crippen LogP contribution in [0.2, 0.25) is 0 Å². The highest BCUT2D eigenvalue weighted by Gasteiger charge is 2.10. The molecule has 1 atom stereocenters. The summed E-state index contributed by atoms with van der Waals surface area (Å²) < 4.78 is 0. The van der Waals surface area contributed by atoms with E-state index >= 15 is 0 Å². The van der Waals surface area contributed by atoms with E-state index in [4.69, 9.17) is 22.3 Å². The number of benzene rings is 1. The molecule has 7 N–H and O–H groups in total. The van der Waals surface area contributed by atoms with E-state index in [9.17, 15) is 4.79 Å². The first-order chi connectivity index (χ1) is 6.56. The molecule has 0 unspecified atom stereocenters. The van der Waals surface area contributed by atoms with Gasteiger partial charge in [0.1, 0.15) is 0 Å². The van der Waals surface area contributed by atoms with Gasteiger partial charge in [-0.25, -0.2) is 4.79 Å². The Labute approximate surface area is 81.5 Å². The average Bonchev–Trinajstić information content (AvgIpc) is 2.15. The van der Waals surface area contributed by atoms with Gasteiger partial charge >= 0.3 is 5.97 Å². The second-order valence-corrected chi connectivity index (χ2v) is 2.99. The maximum Gasteiger partial charge on any atom is 0.337 e. The fourth-order valence-corrected chi connectivity index (χ4v) is 1.14. The zero-order chi connectivity index (χ0) is 10.7. The Bertz CT molecular complexity index is 352. The van der Waals surface area contributed by atoms with Crippen LogP contribution >= 0.6 is 0 Å². The second kappa shape index (κ2) is 4.08. The Morgan fingerprint density at radius 1 is 1.50 bits per heavy atom. The SMILES string of the molecule is NC[C@@H](N)c1ccc(C(=O)O)c(N)c1. The quantitative estimate of drug-likeness (QED) is 0.504. The van der Waals surface area contributed by atoms with Gasteiger partial charge in [-0.15, -0.1) is 0 Å². The van der Waals surface area contributed by atoms with Crippen LogP contribution in [0.5, 0.6) is 0 Å². The van der Waals surface area contributed by atoms with Crippen molar-refractivity contribution in [1.29, 1.82) is 0 Å². The minimum atomic E-state index is -1.05. The zero-order valence-electron chi connectivity index (χ0n) is 7.60. The molecule has 0 heterocycles. The molecule has 0 spiro atoms. The molecular weight excluding hydrogens is 182 g/mol. The smallest absolute Gasteiger partial charge is 0.337 e. The number of nitrogens with two attached hydrogens (primary N) is 3. The van der Waals surface area contributed by atoms with Gasteiger partial charge in [0.2, 0.25) is 0 Å². The van der Waals surface area contributed by atoms with Crippen molar-refractivity contribution in [3.63, 3.8) is 0 Å². The normalized spacial score (nSPS) is 12.4. The highest BCUT2D eigenvalue weighted by Crippen LogP contribution is 2.17. The summed E-state index contributed by atoms with van der Waals surface area (Å²) in [7, 11) is 0. The van der Waals surface area contributed by atoms with Gasteiger partial charge in [0.25, 0.3) is 0 Å². The predicted octanol–water partition coefficient (Wildman–Crippen LogP) is -0.0745. The lowest BCUT2D eigenvalue weighted by Gasteiger charge is -2.10. The van der Waals surface area contributed by atoms with Gasteiger partial charge in [0.15, 0.2) is 0 Å². The number of rotatable bonds is 3. The molecule has 76 valence electrons. The fourth-order valence-electron chi connectivity index (χ4n) is 1.14. The number of aromatic carboxylic acids is 1. The van der Waals surface area contributed by atoms with Gasteiger partial charge in [0.05, 0.1) is 5.56 Å². The van der Waals surface area contributed by atoms with Crippen LogP contribution in [0.15, 0.2) is 18.2 Å². The predicted molar refractivity (Wildman–Crippen MR) is 53.8 cm³/mol. The molecule has 5 nitrogen and oxygen atoms in total. The summed E-state index contributed by atoms with van der Waals surface area (Å²) in [6.07, 6.45) is 0. The topological polar surface area (TPSA) is 115 Å². The Balaban J connectivity index is 3.06. The van der Waals surface area contributed by atoms with Crippen LogP contribution in [0, 0.1) is 0 Å². The Kier molecular flexibility index (Phi) is 3.06. The van der Waals surface area contributed by atoms with E-state index in [0.717, 1.165) is 5.56 Å². The molecule has 0 fully saturated rings. The zero-order valence-corrected chi connectivity index (χ0v) is 7.60. The summed E-state index contributed by atoms with van der Waals surface area (Å²) in [6, 6.07) is 4.29. The summed E-state index contributed by atoms with van der Waals surface area (Å²) >= 11 is 0. The molecule has 0 aromatic heterocycles. The molecule has 0 saturated carbocycles. The number of carboxylic acid groups (broad SMARTS) is 1. The minimum Gasteiger partial charge on any atom is -0.478 e. The minimum absolute atomic E-state index is 0.0815. The van der Waals surface area contributed by atoms with Crippen molar-refractivity contribution < 1.29 is 9.90 Å². The first-order valence-corrected chi connectivity index (χ1v) is 4.14. The van der Waals surface area contributed by atoms with Crippen LogP contribution in [0.25, 0.3) is 0 Å². The van der Waals surface area contributed by atoms with Crippen LogP contribution < -0.4 is 17.2 Å². The van der Waals surface area contributed by atoms with E-state index in [1.165, 1.54) is 6.07 Å². The first-order valence-electron chi connectivity index (χ1n) is 4.14. The van der Waals surface area contributed by atoms with Gasteiger partial charge in [-0.2, -0.15) is 0 Å². The molecule has 1 rings (SSSR count). The Morgan fingerprint density at radius 3 is 2.57 bits per heavy atom. The third-order valence-electron chi connectivity index (χ3n) is 1.99.